The number of aryl methyl sites for hydroxylation is 2. The summed E-state index contributed by atoms with van der Waals surface area (Å²) < 4.78 is 46.5. The fourth-order valence-electron chi connectivity index (χ4n) is 2.19. The SMILES string of the molecule is CCOCC(NS(=O)(=O)c1c(C)cc(F)cc1C)C(C)C. The Morgan fingerprint density at radius 3 is 2.19 bits per heavy atom. The summed E-state index contributed by atoms with van der Waals surface area (Å²) in [6.45, 7) is 9.74. The first-order valence-electron chi connectivity index (χ1n) is 7.05. The van der Waals surface area contributed by atoms with Crippen LogP contribution in [0.15, 0.2) is 17.0 Å². The smallest absolute Gasteiger partial charge is 0.241 e. The summed E-state index contributed by atoms with van der Waals surface area (Å²) >= 11 is 0. The van der Waals surface area contributed by atoms with Crippen molar-refractivity contribution < 1.29 is 17.5 Å². The third-order valence-electron chi connectivity index (χ3n) is 3.31. The lowest BCUT2D eigenvalue weighted by Gasteiger charge is -2.23. The first-order valence-corrected chi connectivity index (χ1v) is 8.54. The Kier molecular flexibility index (Phi) is 6.31. The summed E-state index contributed by atoms with van der Waals surface area (Å²) in [4.78, 5) is 0.144. The normalized spacial score (nSPS) is 13.7. The molecule has 0 aliphatic heterocycles. The molecule has 0 aliphatic rings. The number of sulfonamides is 1. The Balaban J connectivity index is 3.11. The number of nitrogens with one attached hydrogen (secondary N) is 1. The fraction of sp³-hybridized carbons (Fsp3) is 0.600. The molecule has 21 heavy (non-hydrogen) atoms. The number of hydrogen-bond acceptors (Lipinski definition) is 3. The van der Waals surface area contributed by atoms with Crippen LogP contribution in [0.2, 0.25) is 0 Å². The Morgan fingerprint density at radius 1 is 1.24 bits per heavy atom. The van der Waals surface area contributed by atoms with Gasteiger partial charge in [-0.25, -0.2) is 17.5 Å². The van der Waals surface area contributed by atoms with E-state index in [2.05, 4.69) is 4.72 Å². The van der Waals surface area contributed by atoms with Crippen LogP contribution in [0.5, 0.6) is 0 Å². The van der Waals surface area contributed by atoms with Crippen molar-refractivity contribution in [3.63, 3.8) is 0 Å². The van der Waals surface area contributed by atoms with Crippen molar-refractivity contribution in [3.05, 3.63) is 29.1 Å². The van der Waals surface area contributed by atoms with Crippen molar-refractivity contribution in [1.29, 1.82) is 0 Å². The summed E-state index contributed by atoms with van der Waals surface area (Å²) in [6.07, 6.45) is 0. The molecule has 0 spiro atoms. The molecule has 0 amide bonds. The molecule has 0 heterocycles. The van der Waals surface area contributed by atoms with Crippen molar-refractivity contribution in [2.24, 2.45) is 5.92 Å². The minimum Gasteiger partial charge on any atom is -0.380 e. The number of ether oxygens (including phenoxy) is 1. The van der Waals surface area contributed by atoms with Gasteiger partial charge in [-0.1, -0.05) is 13.8 Å². The largest absolute Gasteiger partial charge is 0.380 e. The van der Waals surface area contributed by atoms with E-state index in [4.69, 9.17) is 4.74 Å². The van der Waals surface area contributed by atoms with Gasteiger partial charge in [0.25, 0.3) is 0 Å². The molecule has 0 fully saturated rings. The van der Waals surface area contributed by atoms with Crippen molar-refractivity contribution in [1.82, 2.24) is 4.72 Å². The zero-order valence-electron chi connectivity index (χ0n) is 13.2. The van der Waals surface area contributed by atoms with E-state index in [0.29, 0.717) is 24.3 Å². The van der Waals surface area contributed by atoms with Gasteiger partial charge in [0, 0.05) is 12.6 Å². The molecule has 1 unspecified atom stereocenters. The van der Waals surface area contributed by atoms with Gasteiger partial charge in [0.1, 0.15) is 5.82 Å². The first-order chi connectivity index (χ1) is 9.69. The lowest BCUT2D eigenvalue weighted by Crippen LogP contribution is -2.42. The molecule has 4 nitrogen and oxygen atoms in total. The Morgan fingerprint density at radius 2 is 1.76 bits per heavy atom. The van der Waals surface area contributed by atoms with Gasteiger partial charge in [0.15, 0.2) is 0 Å². The van der Waals surface area contributed by atoms with Gasteiger partial charge < -0.3 is 4.74 Å². The van der Waals surface area contributed by atoms with Crippen LogP contribution in [-0.4, -0.2) is 27.7 Å². The summed E-state index contributed by atoms with van der Waals surface area (Å²) in [5.74, 6) is -0.342. The molecular formula is C15H24FNO3S. The van der Waals surface area contributed by atoms with Gasteiger partial charge >= 0.3 is 0 Å². The molecule has 1 aromatic rings. The number of hydrogen-bond donors (Lipinski definition) is 1. The summed E-state index contributed by atoms with van der Waals surface area (Å²) in [5.41, 5.74) is 0.804. The molecule has 0 radical (unpaired) electrons. The Labute approximate surface area is 126 Å². The second-order valence-electron chi connectivity index (χ2n) is 5.50. The maximum atomic E-state index is 13.3. The van der Waals surface area contributed by atoms with Gasteiger partial charge in [-0.15, -0.1) is 0 Å². The molecule has 0 saturated heterocycles. The van der Waals surface area contributed by atoms with Crippen LogP contribution in [-0.2, 0) is 14.8 Å². The third-order valence-corrected chi connectivity index (χ3v) is 5.10. The fourth-order valence-corrected chi connectivity index (χ4v) is 4.01. The van der Waals surface area contributed by atoms with Gasteiger partial charge in [0.2, 0.25) is 10.0 Å². The molecule has 0 aromatic heterocycles. The van der Waals surface area contributed by atoms with Crippen LogP contribution in [0.4, 0.5) is 4.39 Å². The van der Waals surface area contributed by atoms with Gasteiger partial charge in [-0.3, -0.25) is 0 Å². The van der Waals surface area contributed by atoms with E-state index in [1.807, 2.05) is 20.8 Å². The van der Waals surface area contributed by atoms with Crippen molar-refractivity contribution in [2.75, 3.05) is 13.2 Å². The van der Waals surface area contributed by atoms with Crippen LogP contribution in [0.1, 0.15) is 31.9 Å². The highest BCUT2D eigenvalue weighted by atomic mass is 32.2. The minimum absolute atomic E-state index is 0.0902. The molecule has 120 valence electrons. The van der Waals surface area contributed by atoms with Crippen LogP contribution in [0.3, 0.4) is 0 Å². The molecule has 1 aromatic carbocycles. The second kappa shape index (κ2) is 7.33. The predicted octanol–water partition coefficient (Wildman–Crippen LogP) is 2.78. The van der Waals surface area contributed by atoms with E-state index < -0.39 is 15.8 Å². The summed E-state index contributed by atoms with van der Waals surface area (Å²) in [7, 11) is -3.71. The minimum atomic E-state index is -3.71. The van der Waals surface area contributed by atoms with E-state index in [1.54, 1.807) is 13.8 Å². The molecule has 0 bridgehead atoms. The number of rotatable bonds is 7. The molecule has 1 N–H and O–H groups in total. The molecule has 0 saturated carbocycles. The van der Waals surface area contributed by atoms with Crippen molar-refractivity contribution in [2.45, 2.75) is 45.6 Å². The average Bonchev–Trinajstić information content (AvgIpc) is 2.32. The van der Waals surface area contributed by atoms with Crippen LogP contribution in [0, 0.1) is 25.6 Å². The first kappa shape index (κ1) is 18.1. The van der Waals surface area contributed by atoms with Crippen LogP contribution >= 0.6 is 0 Å². The monoisotopic (exact) mass is 317 g/mol. The molecule has 6 heteroatoms. The highest BCUT2D eigenvalue weighted by molar-refractivity contribution is 7.89. The highest BCUT2D eigenvalue weighted by Gasteiger charge is 2.25. The van der Waals surface area contributed by atoms with Crippen LogP contribution in [0.25, 0.3) is 0 Å². The molecule has 1 atom stereocenters. The summed E-state index contributed by atoms with van der Waals surface area (Å²) in [6, 6.07) is 2.14. The van der Waals surface area contributed by atoms with E-state index in [1.165, 1.54) is 12.1 Å². The number of benzene rings is 1. The van der Waals surface area contributed by atoms with Gasteiger partial charge in [-0.05, 0) is 49.9 Å². The van der Waals surface area contributed by atoms with Crippen molar-refractivity contribution in [3.8, 4) is 0 Å². The maximum Gasteiger partial charge on any atom is 0.241 e. The van der Waals surface area contributed by atoms with Crippen LogP contribution < -0.4 is 4.72 Å². The van der Waals surface area contributed by atoms with E-state index >= 15 is 0 Å². The molecular weight excluding hydrogens is 293 g/mol. The lowest BCUT2D eigenvalue weighted by molar-refractivity contribution is 0.116. The quantitative estimate of drug-likeness (QED) is 0.841. The standard InChI is InChI=1S/C15H24FNO3S/c1-6-20-9-14(10(2)3)17-21(18,19)15-11(4)7-13(16)8-12(15)5/h7-8,10,14,17H,6,9H2,1-5H3. The van der Waals surface area contributed by atoms with Gasteiger partial charge in [0.05, 0.1) is 11.5 Å². The molecule has 1 rings (SSSR count). The predicted molar refractivity (Wildman–Crippen MR) is 81.3 cm³/mol. The number of halogens is 1. The lowest BCUT2D eigenvalue weighted by atomic mass is 10.1. The van der Waals surface area contributed by atoms with E-state index in [9.17, 15) is 12.8 Å². The maximum absolute atomic E-state index is 13.3. The Bertz CT molecular complexity index is 562. The zero-order chi connectivity index (χ0) is 16.2. The topological polar surface area (TPSA) is 55.4 Å². The van der Waals surface area contributed by atoms with Crippen molar-refractivity contribution >= 4 is 10.0 Å². The van der Waals surface area contributed by atoms with E-state index in [-0.39, 0.29) is 16.9 Å². The van der Waals surface area contributed by atoms with Gasteiger partial charge in [-0.2, -0.15) is 0 Å². The Hall–Kier alpha value is -0.980. The zero-order valence-corrected chi connectivity index (χ0v) is 14.1. The molecule has 0 aliphatic carbocycles. The summed E-state index contributed by atoms with van der Waals surface area (Å²) in [5, 5.41) is 0. The third kappa shape index (κ3) is 4.76. The van der Waals surface area contributed by atoms with E-state index in [0.717, 1.165) is 0 Å². The average molecular weight is 317 g/mol. The highest BCUT2D eigenvalue weighted by Crippen LogP contribution is 2.22. The second-order valence-corrected chi connectivity index (χ2v) is 7.15.